The predicted molar refractivity (Wildman–Crippen MR) is 77.0 cm³/mol. The molecule has 3 aliphatic rings. The number of hydrogen-bond acceptors (Lipinski definition) is 5. The van der Waals surface area contributed by atoms with Crippen LogP contribution in [-0.4, -0.2) is 54.2 Å². The van der Waals surface area contributed by atoms with Gasteiger partial charge in [0.1, 0.15) is 12.1 Å². The molecule has 2 atom stereocenters. The molecule has 5 nitrogen and oxygen atoms in total. The molecule has 2 unspecified atom stereocenters. The minimum absolute atomic E-state index is 0.647. The number of aromatic nitrogens is 2. The molecule has 0 N–H and O–H groups in total. The van der Waals surface area contributed by atoms with Crippen LogP contribution in [0.25, 0.3) is 0 Å². The summed E-state index contributed by atoms with van der Waals surface area (Å²) in [7, 11) is 1.65. The normalized spacial score (nSPS) is 30.4. The molecule has 108 valence electrons. The lowest BCUT2D eigenvalue weighted by atomic mass is 10.0. The van der Waals surface area contributed by atoms with E-state index in [4.69, 9.17) is 4.74 Å². The van der Waals surface area contributed by atoms with Crippen LogP contribution < -0.4 is 9.64 Å². The summed E-state index contributed by atoms with van der Waals surface area (Å²) in [4.78, 5) is 13.4. The zero-order valence-corrected chi connectivity index (χ0v) is 12.0. The first-order valence-electron chi connectivity index (χ1n) is 7.68. The fraction of sp³-hybridized carbons (Fsp3) is 0.733. The van der Waals surface area contributed by atoms with Crippen molar-refractivity contribution in [1.29, 1.82) is 0 Å². The van der Waals surface area contributed by atoms with E-state index in [2.05, 4.69) is 19.8 Å². The van der Waals surface area contributed by atoms with Crippen LogP contribution in [0.2, 0.25) is 0 Å². The zero-order valence-electron chi connectivity index (χ0n) is 12.0. The predicted octanol–water partition coefficient (Wildman–Crippen LogP) is 1.41. The van der Waals surface area contributed by atoms with E-state index in [-0.39, 0.29) is 0 Å². The van der Waals surface area contributed by atoms with Gasteiger partial charge in [-0.2, -0.15) is 0 Å². The van der Waals surface area contributed by atoms with Crippen molar-refractivity contribution < 1.29 is 4.74 Å². The van der Waals surface area contributed by atoms with Gasteiger partial charge in [0.15, 0.2) is 0 Å². The molecule has 1 aromatic heterocycles. The van der Waals surface area contributed by atoms with E-state index in [1.165, 1.54) is 32.4 Å². The van der Waals surface area contributed by atoms with Crippen molar-refractivity contribution in [1.82, 2.24) is 14.9 Å². The first kappa shape index (κ1) is 12.4. The fourth-order valence-electron chi connectivity index (χ4n) is 4.06. The summed E-state index contributed by atoms with van der Waals surface area (Å²) in [5, 5.41) is 0. The van der Waals surface area contributed by atoms with Gasteiger partial charge in [0.05, 0.1) is 7.11 Å². The van der Waals surface area contributed by atoms with Crippen molar-refractivity contribution in [2.24, 2.45) is 11.8 Å². The van der Waals surface area contributed by atoms with Crippen molar-refractivity contribution in [3.05, 3.63) is 12.4 Å². The Hall–Kier alpha value is -1.36. The van der Waals surface area contributed by atoms with Gasteiger partial charge in [-0.05, 0) is 24.7 Å². The maximum Gasteiger partial charge on any atom is 0.218 e. The molecular weight excluding hydrogens is 252 g/mol. The average Bonchev–Trinajstić information content (AvgIpc) is 2.98. The van der Waals surface area contributed by atoms with Gasteiger partial charge in [-0.3, -0.25) is 4.90 Å². The maximum absolute atomic E-state index is 5.16. The standard InChI is InChI=1S/C15H22N4O/c1-20-15-5-14(16-10-17-15)19-8-13(9-19)18-6-11-3-2-4-12(11)7-18/h5,10-13H,2-4,6-9H2,1H3. The van der Waals surface area contributed by atoms with Crippen LogP contribution >= 0.6 is 0 Å². The smallest absolute Gasteiger partial charge is 0.218 e. The third-order valence-corrected chi connectivity index (χ3v) is 5.29. The molecular formula is C15H22N4O. The topological polar surface area (TPSA) is 41.5 Å². The SMILES string of the molecule is COc1cc(N2CC(N3CC4CCCC4C3)C2)ncn1. The van der Waals surface area contributed by atoms with E-state index in [0.29, 0.717) is 5.88 Å². The first-order chi connectivity index (χ1) is 9.83. The highest BCUT2D eigenvalue weighted by atomic mass is 16.5. The van der Waals surface area contributed by atoms with E-state index in [1.807, 2.05) is 6.07 Å². The van der Waals surface area contributed by atoms with Gasteiger partial charge >= 0.3 is 0 Å². The lowest BCUT2D eigenvalue weighted by Gasteiger charge is -2.45. The van der Waals surface area contributed by atoms with Crippen molar-refractivity contribution in [3.8, 4) is 5.88 Å². The Morgan fingerprint density at radius 2 is 1.85 bits per heavy atom. The van der Waals surface area contributed by atoms with Crippen molar-refractivity contribution >= 4 is 5.82 Å². The van der Waals surface area contributed by atoms with E-state index in [1.54, 1.807) is 13.4 Å². The van der Waals surface area contributed by atoms with Gasteiger partial charge in [0.25, 0.3) is 0 Å². The molecule has 0 amide bonds. The maximum atomic E-state index is 5.16. The largest absolute Gasteiger partial charge is 0.481 e. The van der Waals surface area contributed by atoms with Crippen LogP contribution in [0.3, 0.4) is 0 Å². The van der Waals surface area contributed by atoms with Crippen molar-refractivity contribution in [2.45, 2.75) is 25.3 Å². The van der Waals surface area contributed by atoms with E-state index < -0.39 is 0 Å². The Kier molecular flexibility index (Phi) is 3.02. The summed E-state index contributed by atoms with van der Waals surface area (Å²) in [6.07, 6.45) is 5.96. The molecule has 4 rings (SSSR count). The molecule has 1 saturated carbocycles. The lowest BCUT2D eigenvalue weighted by molar-refractivity contribution is 0.189. The number of fused-ring (bicyclic) bond motifs is 1. The summed E-state index contributed by atoms with van der Waals surface area (Å²) in [5.41, 5.74) is 0. The van der Waals surface area contributed by atoms with Crippen molar-refractivity contribution in [3.63, 3.8) is 0 Å². The molecule has 1 aliphatic carbocycles. The molecule has 0 aromatic carbocycles. The Labute approximate surface area is 120 Å². The molecule has 20 heavy (non-hydrogen) atoms. The molecule has 0 radical (unpaired) electrons. The molecule has 5 heteroatoms. The highest BCUT2D eigenvalue weighted by Gasteiger charge is 2.42. The van der Waals surface area contributed by atoms with Crippen LogP contribution in [0.5, 0.6) is 5.88 Å². The van der Waals surface area contributed by atoms with Gasteiger partial charge < -0.3 is 9.64 Å². The fourth-order valence-corrected chi connectivity index (χ4v) is 4.06. The number of anilines is 1. The first-order valence-corrected chi connectivity index (χ1v) is 7.68. The van der Waals surface area contributed by atoms with E-state index >= 15 is 0 Å². The lowest BCUT2D eigenvalue weighted by Crippen LogP contribution is -2.59. The second-order valence-corrected chi connectivity index (χ2v) is 6.38. The average molecular weight is 274 g/mol. The molecule has 0 bridgehead atoms. The Balaban J connectivity index is 1.35. The highest BCUT2D eigenvalue weighted by Crippen LogP contribution is 2.39. The Morgan fingerprint density at radius 1 is 1.10 bits per heavy atom. The van der Waals surface area contributed by atoms with Crippen LogP contribution in [0.15, 0.2) is 12.4 Å². The molecule has 3 heterocycles. The Bertz CT molecular complexity index is 477. The van der Waals surface area contributed by atoms with Gasteiger partial charge in [0.2, 0.25) is 5.88 Å². The second-order valence-electron chi connectivity index (χ2n) is 6.38. The molecule has 2 aliphatic heterocycles. The number of nitrogens with zero attached hydrogens (tertiary/aromatic N) is 4. The summed E-state index contributed by atoms with van der Waals surface area (Å²) >= 11 is 0. The van der Waals surface area contributed by atoms with Gasteiger partial charge in [0, 0.05) is 38.3 Å². The minimum Gasteiger partial charge on any atom is -0.481 e. The number of ether oxygens (including phenoxy) is 1. The molecule has 3 fully saturated rings. The van der Waals surface area contributed by atoms with Gasteiger partial charge in [-0.25, -0.2) is 9.97 Å². The van der Waals surface area contributed by atoms with Gasteiger partial charge in [-0.1, -0.05) is 6.42 Å². The van der Waals surface area contributed by atoms with E-state index in [9.17, 15) is 0 Å². The number of methoxy groups -OCH3 is 1. The number of likely N-dealkylation sites (tertiary alicyclic amines) is 1. The third kappa shape index (κ3) is 2.04. The number of rotatable bonds is 3. The van der Waals surface area contributed by atoms with Crippen molar-refractivity contribution in [2.75, 3.05) is 38.2 Å². The molecule has 0 spiro atoms. The zero-order chi connectivity index (χ0) is 13.5. The monoisotopic (exact) mass is 274 g/mol. The third-order valence-electron chi connectivity index (χ3n) is 5.29. The van der Waals surface area contributed by atoms with Crippen LogP contribution in [-0.2, 0) is 0 Å². The Morgan fingerprint density at radius 3 is 2.55 bits per heavy atom. The molecule has 2 saturated heterocycles. The second kappa shape index (κ2) is 4.88. The van der Waals surface area contributed by atoms with Crippen LogP contribution in [0.1, 0.15) is 19.3 Å². The summed E-state index contributed by atoms with van der Waals surface area (Å²) in [6, 6.07) is 2.65. The number of hydrogen-bond donors (Lipinski definition) is 0. The quantitative estimate of drug-likeness (QED) is 0.833. The molecule has 1 aromatic rings. The minimum atomic E-state index is 0.647. The van der Waals surface area contributed by atoms with Crippen LogP contribution in [0, 0.1) is 11.8 Å². The highest BCUT2D eigenvalue weighted by molar-refractivity contribution is 5.44. The van der Waals surface area contributed by atoms with Crippen LogP contribution in [0.4, 0.5) is 5.82 Å². The summed E-state index contributed by atoms with van der Waals surface area (Å²) in [6.45, 7) is 4.85. The van der Waals surface area contributed by atoms with Gasteiger partial charge in [-0.15, -0.1) is 0 Å². The summed E-state index contributed by atoms with van der Waals surface area (Å²) < 4.78 is 5.16. The van der Waals surface area contributed by atoms with E-state index in [0.717, 1.165) is 36.8 Å². The summed E-state index contributed by atoms with van der Waals surface area (Å²) in [5.74, 6) is 3.62.